The van der Waals surface area contributed by atoms with Crippen LogP contribution in [0.15, 0.2) is 18.7 Å². The minimum absolute atomic E-state index is 0.0931. The number of rotatable bonds is 5. The molecule has 0 aromatic heterocycles. The van der Waals surface area contributed by atoms with Crippen LogP contribution in [0.1, 0.15) is 85.8 Å². The molecule has 1 aromatic carbocycles. The molecular formula is C26H35NO3. The molecule has 0 radical (unpaired) electrons. The summed E-state index contributed by atoms with van der Waals surface area (Å²) in [6.45, 7) is 11.3. The number of amides is 1. The van der Waals surface area contributed by atoms with Gasteiger partial charge >= 0.3 is 0 Å². The molecule has 4 atom stereocenters. The molecule has 4 nitrogen and oxygen atoms in total. The molecule has 1 aromatic rings. The maximum absolute atomic E-state index is 13.2. The number of nitrogens with zero attached hydrogens (tertiary/aromatic N) is 1. The zero-order valence-electron chi connectivity index (χ0n) is 18.7. The first-order valence-electron chi connectivity index (χ1n) is 11.7. The Kier molecular flexibility index (Phi) is 5.54. The predicted molar refractivity (Wildman–Crippen MR) is 119 cm³/mol. The molecule has 162 valence electrons. The third-order valence-electron chi connectivity index (χ3n) is 8.46. The van der Waals surface area contributed by atoms with Gasteiger partial charge in [0, 0.05) is 30.5 Å². The van der Waals surface area contributed by atoms with Gasteiger partial charge in [0.15, 0.2) is 0 Å². The van der Waals surface area contributed by atoms with Crippen molar-refractivity contribution in [2.75, 3.05) is 13.1 Å². The Balaban J connectivity index is 1.81. The van der Waals surface area contributed by atoms with Crippen molar-refractivity contribution in [3.8, 4) is 5.75 Å². The predicted octanol–water partition coefficient (Wildman–Crippen LogP) is 5.03. The summed E-state index contributed by atoms with van der Waals surface area (Å²) in [7, 11) is 0. The van der Waals surface area contributed by atoms with E-state index in [0.717, 1.165) is 44.1 Å². The summed E-state index contributed by atoms with van der Waals surface area (Å²) < 4.78 is 0. The highest BCUT2D eigenvalue weighted by Gasteiger charge is 2.54. The Labute approximate surface area is 180 Å². The van der Waals surface area contributed by atoms with E-state index in [1.165, 1.54) is 11.1 Å². The topological polar surface area (TPSA) is 57.6 Å². The molecule has 1 N–H and O–H groups in total. The van der Waals surface area contributed by atoms with Crippen LogP contribution in [0, 0.1) is 17.3 Å². The summed E-state index contributed by atoms with van der Waals surface area (Å²) >= 11 is 0. The molecule has 30 heavy (non-hydrogen) atoms. The van der Waals surface area contributed by atoms with Crippen LogP contribution < -0.4 is 0 Å². The van der Waals surface area contributed by atoms with Crippen LogP contribution >= 0.6 is 0 Å². The van der Waals surface area contributed by atoms with Gasteiger partial charge < -0.3 is 10.0 Å². The zero-order valence-corrected chi connectivity index (χ0v) is 18.7. The first-order chi connectivity index (χ1) is 14.4. The lowest BCUT2D eigenvalue weighted by atomic mass is 9.55. The van der Waals surface area contributed by atoms with E-state index in [1.54, 1.807) is 4.90 Å². The molecule has 2 saturated carbocycles. The van der Waals surface area contributed by atoms with E-state index in [0.29, 0.717) is 48.6 Å². The van der Waals surface area contributed by atoms with Crippen molar-refractivity contribution in [1.29, 1.82) is 0 Å². The lowest BCUT2D eigenvalue weighted by Gasteiger charge is -2.48. The number of aromatic hydroxyl groups is 1. The fraction of sp³-hybridized carbons (Fsp3) is 0.615. The number of Topliss-reactive ketones (excluding diaryl/α,β-unsaturated/α-hetero) is 1. The molecule has 0 saturated heterocycles. The van der Waals surface area contributed by atoms with Crippen molar-refractivity contribution in [2.45, 2.75) is 71.6 Å². The highest BCUT2D eigenvalue weighted by molar-refractivity contribution is 5.98. The van der Waals surface area contributed by atoms with Gasteiger partial charge in [0.05, 0.1) is 5.56 Å². The zero-order chi connectivity index (χ0) is 21.6. The van der Waals surface area contributed by atoms with Crippen molar-refractivity contribution in [3.63, 3.8) is 0 Å². The summed E-state index contributed by atoms with van der Waals surface area (Å²) in [5, 5.41) is 11.1. The number of fused-ring (bicyclic) bond motifs is 5. The fourth-order valence-corrected chi connectivity index (χ4v) is 6.78. The molecule has 4 rings (SSSR count). The second-order valence-corrected chi connectivity index (χ2v) is 9.62. The number of carbonyl (C=O) groups excluding carboxylic acids is 2. The minimum Gasteiger partial charge on any atom is -0.507 e. The van der Waals surface area contributed by atoms with Crippen LogP contribution in [-0.2, 0) is 17.6 Å². The van der Waals surface area contributed by atoms with Gasteiger partial charge in [-0.15, -0.1) is 6.58 Å². The van der Waals surface area contributed by atoms with Crippen LogP contribution in [0.5, 0.6) is 5.75 Å². The van der Waals surface area contributed by atoms with Crippen LogP contribution in [-0.4, -0.2) is 34.8 Å². The van der Waals surface area contributed by atoms with Gasteiger partial charge in [0.25, 0.3) is 5.91 Å². The Hall–Kier alpha value is -2.10. The van der Waals surface area contributed by atoms with Gasteiger partial charge in [-0.2, -0.15) is 0 Å². The van der Waals surface area contributed by atoms with Crippen LogP contribution in [0.4, 0.5) is 0 Å². The van der Waals surface area contributed by atoms with Gasteiger partial charge in [0.2, 0.25) is 0 Å². The van der Waals surface area contributed by atoms with Gasteiger partial charge in [-0.3, -0.25) is 9.59 Å². The number of hydrogen-bond acceptors (Lipinski definition) is 3. The summed E-state index contributed by atoms with van der Waals surface area (Å²) in [5.74, 6) is 1.83. The average Bonchev–Trinajstić information content (AvgIpc) is 3.05. The van der Waals surface area contributed by atoms with E-state index < -0.39 is 0 Å². The number of benzene rings is 1. The third-order valence-corrected chi connectivity index (χ3v) is 8.46. The largest absolute Gasteiger partial charge is 0.507 e. The van der Waals surface area contributed by atoms with Gasteiger partial charge in [-0.25, -0.2) is 0 Å². The molecule has 2 fully saturated rings. The Morgan fingerprint density at radius 3 is 2.67 bits per heavy atom. The molecule has 3 aliphatic rings. The first-order valence-corrected chi connectivity index (χ1v) is 11.7. The van der Waals surface area contributed by atoms with Crippen LogP contribution in [0.25, 0.3) is 0 Å². The molecule has 1 amide bonds. The molecular weight excluding hydrogens is 374 g/mol. The van der Waals surface area contributed by atoms with E-state index in [4.69, 9.17) is 0 Å². The summed E-state index contributed by atoms with van der Waals surface area (Å²) in [6, 6.07) is 1.99. The molecule has 0 spiro atoms. The molecule has 4 heteroatoms. The molecule has 3 aliphatic carbocycles. The fourth-order valence-electron chi connectivity index (χ4n) is 6.78. The number of phenols is 1. The molecule has 0 bridgehead atoms. The summed E-state index contributed by atoms with van der Waals surface area (Å²) in [6.07, 6.45) is 8.04. The number of ketones is 1. The maximum atomic E-state index is 13.2. The summed E-state index contributed by atoms with van der Waals surface area (Å²) in [4.78, 5) is 27.6. The van der Waals surface area contributed by atoms with E-state index >= 15 is 0 Å². The lowest BCUT2D eigenvalue weighted by Crippen LogP contribution is -2.42. The lowest BCUT2D eigenvalue weighted by molar-refractivity contribution is -0.129. The number of phenolic OH excluding ortho intramolecular Hbond substituents is 1. The third kappa shape index (κ3) is 3.02. The van der Waals surface area contributed by atoms with Gasteiger partial charge in [-0.05, 0) is 87.3 Å². The Morgan fingerprint density at radius 2 is 2.00 bits per heavy atom. The van der Waals surface area contributed by atoms with Crippen molar-refractivity contribution >= 4 is 11.7 Å². The van der Waals surface area contributed by atoms with E-state index in [9.17, 15) is 14.7 Å². The van der Waals surface area contributed by atoms with Gasteiger partial charge in [-0.1, -0.05) is 13.0 Å². The van der Waals surface area contributed by atoms with Crippen molar-refractivity contribution < 1.29 is 14.7 Å². The molecule has 0 heterocycles. The highest BCUT2D eigenvalue weighted by atomic mass is 16.3. The normalized spacial score (nSPS) is 29.7. The number of allylic oxidation sites excluding steroid dienone is 1. The Morgan fingerprint density at radius 1 is 1.27 bits per heavy atom. The number of carbonyl (C=O) groups is 2. The van der Waals surface area contributed by atoms with Crippen LogP contribution in [0.2, 0.25) is 0 Å². The van der Waals surface area contributed by atoms with Crippen molar-refractivity contribution in [2.24, 2.45) is 17.3 Å². The monoisotopic (exact) mass is 409 g/mol. The van der Waals surface area contributed by atoms with Crippen LogP contribution in [0.3, 0.4) is 0 Å². The Bertz CT molecular complexity index is 885. The average molecular weight is 410 g/mol. The van der Waals surface area contributed by atoms with E-state index in [1.807, 2.05) is 26.0 Å². The van der Waals surface area contributed by atoms with Crippen molar-refractivity contribution in [3.05, 3.63) is 41.0 Å². The minimum atomic E-state index is -0.153. The SMILES string of the molecule is C=CCc1c(O)c(C(=O)N(CC)CC)cc2c1CC[C@@H]1[C@@H]2CC[C@]2(C)C(=O)CC[C@@H]12. The van der Waals surface area contributed by atoms with E-state index in [2.05, 4.69) is 13.5 Å². The number of hydrogen-bond donors (Lipinski definition) is 1. The second kappa shape index (κ2) is 7.86. The molecule has 0 unspecified atom stereocenters. The first kappa shape index (κ1) is 21.1. The molecule has 0 aliphatic heterocycles. The second-order valence-electron chi connectivity index (χ2n) is 9.62. The van der Waals surface area contributed by atoms with Gasteiger partial charge in [0.1, 0.15) is 11.5 Å². The summed E-state index contributed by atoms with van der Waals surface area (Å²) in [5.41, 5.74) is 3.63. The quantitative estimate of drug-likeness (QED) is 0.694. The highest BCUT2D eigenvalue weighted by Crippen LogP contribution is 2.60. The standard InChI is InChI=1S/C26H35NO3/c1-5-8-19-16-9-10-18-17(13-14-26(4)22(18)11-12-23(26)28)20(16)15-21(24(19)29)25(30)27(6-2)7-3/h5,15,17-18,22,29H,1,6-14H2,2-4H3/t17-,18+,22-,26-/m0/s1. The van der Waals surface area contributed by atoms with E-state index in [-0.39, 0.29) is 17.1 Å². The maximum Gasteiger partial charge on any atom is 0.257 e. The van der Waals surface area contributed by atoms with Crippen molar-refractivity contribution in [1.82, 2.24) is 4.90 Å². The smallest absolute Gasteiger partial charge is 0.257 e.